The summed E-state index contributed by atoms with van der Waals surface area (Å²) in [5, 5.41) is 11.9. The van der Waals surface area contributed by atoms with Gasteiger partial charge in [-0.15, -0.1) is 0 Å². The van der Waals surface area contributed by atoms with E-state index >= 15 is 0 Å². The van der Waals surface area contributed by atoms with Gasteiger partial charge < -0.3 is 20.1 Å². The summed E-state index contributed by atoms with van der Waals surface area (Å²) in [6, 6.07) is 15.4. The first-order chi connectivity index (χ1) is 16.3. The molecule has 0 aromatic heterocycles. The van der Waals surface area contributed by atoms with E-state index in [4.69, 9.17) is 9.84 Å². The summed E-state index contributed by atoms with van der Waals surface area (Å²) in [5.41, 5.74) is 4.57. The van der Waals surface area contributed by atoms with Gasteiger partial charge in [-0.25, -0.2) is 4.79 Å². The Morgan fingerprint density at radius 3 is 2.15 bits per heavy atom. The number of carbonyl (C=O) groups excluding carboxylic acids is 2. The van der Waals surface area contributed by atoms with Crippen LogP contribution in [-0.4, -0.2) is 53.7 Å². The summed E-state index contributed by atoms with van der Waals surface area (Å²) in [6.45, 7) is 4.06. The topological polar surface area (TPSA) is 95.9 Å². The van der Waals surface area contributed by atoms with Crippen molar-refractivity contribution in [1.82, 2.24) is 10.2 Å². The monoisotopic (exact) mass is 464 g/mol. The Balaban J connectivity index is 1.40. The smallest absolute Gasteiger partial charge is 0.407 e. The van der Waals surface area contributed by atoms with Gasteiger partial charge >= 0.3 is 12.1 Å². The number of hydrogen-bond acceptors (Lipinski definition) is 4. The van der Waals surface area contributed by atoms with E-state index in [2.05, 4.69) is 29.6 Å². The molecule has 0 saturated heterocycles. The van der Waals surface area contributed by atoms with E-state index in [1.165, 1.54) is 0 Å². The molecule has 2 aromatic carbocycles. The zero-order valence-corrected chi connectivity index (χ0v) is 19.9. The van der Waals surface area contributed by atoms with E-state index in [0.717, 1.165) is 22.3 Å². The Kier molecular flexibility index (Phi) is 6.91. The van der Waals surface area contributed by atoms with E-state index in [-0.39, 0.29) is 30.4 Å². The number of alkyl carbamates (subject to hydrolysis) is 1. The van der Waals surface area contributed by atoms with Crippen molar-refractivity contribution in [2.75, 3.05) is 13.7 Å². The fourth-order valence-corrected chi connectivity index (χ4v) is 4.96. The first kappa shape index (κ1) is 23.8. The number of rotatable bonds is 8. The van der Waals surface area contributed by atoms with Crippen molar-refractivity contribution in [3.8, 4) is 11.1 Å². The van der Waals surface area contributed by atoms with Crippen LogP contribution in [0.3, 0.4) is 0 Å². The molecule has 7 heteroatoms. The van der Waals surface area contributed by atoms with E-state index in [1.807, 2.05) is 38.1 Å². The van der Waals surface area contributed by atoms with Crippen LogP contribution in [0.1, 0.15) is 50.2 Å². The lowest BCUT2D eigenvalue weighted by molar-refractivity contribution is -0.151. The molecule has 1 fully saturated rings. The molecule has 34 heavy (non-hydrogen) atoms. The van der Waals surface area contributed by atoms with Crippen LogP contribution in [0.4, 0.5) is 4.79 Å². The number of carboxylic acid groups (broad SMARTS) is 1. The Morgan fingerprint density at radius 2 is 1.62 bits per heavy atom. The zero-order chi connectivity index (χ0) is 24.4. The molecule has 0 heterocycles. The molecule has 0 spiro atoms. The highest BCUT2D eigenvalue weighted by Gasteiger charge is 2.41. The molecule has 1 saturated carbocycles. The van der Waals surface area contributed by atoms with Gasteiger partial charge in [-0.3, -0.25) is 9.59 Å². The molecule has 1 unspecified atom stereocenters. The Hall–Kier alpha value is -3.35. The molecule has 2 aliphatic carbocycles. The lowest BCUT2D eigenvalue weighted by Gasteiger charge is -2.41. The molecule has 0 aliphatic heterocycles. The van der Waals surface area contributed by atoms with Crippen LogP contribution in [-0.2, 0) is 14.3 Å². The maximum absolute atomic E-state index is 13.2. The zero-order valence-electron chi connectivity index (χ0n) is 19.9. The molecule has 2 atom stereocenters. The number of amides is 2. The van der Waals surface area contributed by atoms with Gasteiger partial charge in [-0.1, -0.05) is 68.8 Å². The number of ether oxygens (including phenoxy) is 1. The highest BCUT2D eigenvalue weighted by molar-refractivity contribution is 5.86. The molecule has 2 N–H and O–H groups in total. The molecule has 0 bridgehead atoms. The van der Waals surface area contributed by atoms with Gasteiger partial charge in [0.1, 0.15) is 12.6 Å². The predicted molar refractivity (Wildman–Crippen MR) is 128 cm³/mol. The Labute approximate surface area is 200 Å². The number of likely N-dealkylation sites (N-methyl/N-ethyl adjacent to an activating group) is 1. The second-order valence-corrected chi connectivity index (χ2v) is 9.44. The first-order valence-corrected chi connectivity index (χ1v) is 11.9. The van der Waals surface area contributed by atoms with Crippen LogP contribution in [0, 0.1) is 11.8 Å². The van der Waals surface area contributed by atoms with Crippen molar-refractivity contribution in [2.45, 2.75) is 51.1 Å². The van der Waals surface area contributed by atoms with Gasteiger partial charge in [-0.2, -0.15) is 0 Å². The fourth-order valence-electron chi connectivity index (χ4n) is 4.96. The molecule has 2 amide bonds. The van der Waals surface area contributed by atoms with Crippen LogP contribution in [0.2, 0.25) is 0 Å². The minimum absolute atomic E-state index is 0.0542. The summed E-state index contributed by atoms with van der Waals surface area (Å²) in [4.78, 5) is 38.7. The summed E-state index contributed by atoms with van der Waals surface area (Å²) in [6.07, 6.45) is 0.966. The second kappa shape index (κ2) is 9.87. The fraction of sp³-hybridized carbons (Fsp3) is 0.444. The number of benzene rings is 2. The number of aliphatic carboxylic acids is 1. The number of nitrogens with zero attached hydrogens (tertiary/aromatic N) is 1. The van der Waals surface area contributed by atoms with Gasteiger partial charge in [-0.05, 0) is 41.0 Å². The Morgan fingerprint density at radius 1 is 1.06 bits per heavy atom. The maximum atomic E-state index is 13.2. The number of carboxylic acids is 1. The standard InChI is InChI=1S/C27H32N2O5/c1-4-16(2)24(25(30)29(3)18-13-17(14-18)26(31)32)28-27(33)34-15-23-21-11-7-5-9-19(21)20-10-6-8-12-22(20)23/h5-12,16-18,23-24H,4,13-15H2,1-3H3,(H,28,33)(H,31,32)/t16?,17?,18?,24-/m0/s1. The van der Waals surface area contributed by atoms with Crippen molar-refractivity contribution in [3.63, 3.8) is 0 Å². The molecule has 4 rings (SSSR count). The van der Waals surface area contributed by atoms with Gasteiger partial charge in [0.15, 0.2) is 0 Å². The van der Waals surface area contributed by atoms with Crippen molar-refractivity contribution in [1.29, 1.82) is 0 Å². The van der Waals surface area contributed by atoms with Crippen molar-refractivity contribution in [2.24, 2.45) is 11.8 Å². The molecule has 180 valence electrons. The number of fused-ring (bicyclic) bond motifs is 3. The van der Waals surface area contributed by atoms with Crippen LogP contribution in [0.15, 0.2) is 48.5 Å². The van der Waals surface area contributed by atoms with Gasteiger partial charge in [0.05, 0.1) is 5.92 Å². The lowest BCUT2D eigenvalue weighted by atomic mass is 9.79. The number of nitrogens with one attached hydrogen (secondary N) is 1. The molecule has 0 radical (unpaired) electrons. The van der Waals surface area contributed by atoms with Crippen LogP contribution in [0.5, 0.6) is 0 Å². The summed E-state index contributed by atoms with van der Waals surface area (Å²) >= 11 is 0. The number of carbonyl (C=O) groups is 3. The molecular formula is C27H32N2O5. The SMILES string of the molecule is CCC(C)[C@H](NC(=O)OCC1c2ccccc2-c2ccccc21)C(=O)N(C)C1CC(C(=O)O)C1. The van der Waals surface area contributed by atoms with Crippen LogP contribution in [0.25, 0.3) is 11.1 Å². The summed E-state index contributed by atoms with van der Waals surface area (Å²) in [7, 11) is 1.68. The maximum Gasteiger partial charge on any atom is 0.407 e. The van der Waals surface area contributed by atoms with Gasteiger partial charge in [0.2, 0.25) is 5.91 Å². The molecule has 7 nitrogen and oxygen atoms in total. The third-order valence-electron chi connectivity index (χ3n) is 7.45. The van der Waals surface area contributed by atoms with Crippen LogP contribution < -0.4 is 5.32 Å². The second-order valence-electron chi connectivity index (χ2n) is 9.44. The van der Waals surface area contributed by atoms with Crippen molar-refractivity contribution in [3.05, 3.63) is 59.7 Å². The third kappa shape index (κ3) is 4.52. The quantitative estimate of drug-likeness (QED) is 0.609. The Bertz CT molecular complexity index is 1030. The summed E-state index contributed by atoms with van der Waals surface area (Å²) in [5.74, 6) is -1.59. The minimum Gasteiger partial charge on any atom is -0.481 e. The lowest BCUT2D eigenvalue weighted by Crippen LogP contribution is -2.56. The van der Waals surface area contributed by atoms with Crippen LogP contribution >= 0.6 is 0 Å². The highest BCUT2D eigenvalue weighted by Crippen LogP contribution is 2.44. The first-order valence-electron chi connectivity index (χ1n) is 11.9. The van der Waals surface area contributed by atoms with E-state index in [9.17, 15) is 14.4 Å². The van der Waals surface area contributed by atoms with E-state index in [1.54, 1.807) is 11.9 Å². The largest absolute Gasteiger partial charge is 0.481 e. The van der Waals surface area contributed by atoms with E-state index < -0.39 is 24.0 Å². The number of hydrogen-bond donors (Lipinski definition) is 2. The van der Waals surface area contributed by atoms with Gasteiger partial charge in [0, 0.05) is 19.0 Å². The normalized spacial score (nSPS) is 20.3. The van der Waals surface area contributed by atoms with E-state index in [0.29, 0.717) is 19.3 Å². The highest BCUT2D eigenvalue weighted by atomic mass is 16.5. The average Bonchev–Trinajstić information content (AvgIpc) is 3.12. The predicted octanol–water partition coefficient (Wildman–Crippen LogP) is 4.26. The summed E-state index contributed by atoms with van der Waals surface area (Å²) < 4.78 is 5.65. The molecule has 2 aliphatic rings. The van der Waals surface area contributed by atoms with Gasteiger partial charge in [0.25, 0.3) is 0 Å². The van der Waals surface area contributed by atoms with Crippen molar-refractivity contribution >= 4 is 18.0 Å². The molecule has 2 aromatic rings. The third-order valence-corrected chi connectivity index (χ3v) is 7.45. The average molecular weight is 465 g/mol. The minimum atomic E-state index is -0.827. The molecular weight excluding hydrogens is 432 g/mol. The van der Waals surface area contributed by atoms with Crippen molar-refractivity contribution < 1.29 is 24.2 Å².